The van der Waals surface area contributed by atoms with Crippen LogP contribution in [0.3, 0.4) is 0 Å². The van der Waals surface area contributed by atoms with Gasteiger partial charge < -0.3 is 4.74 Å². The number of benzene rings is 1. The first-order valence-electron chi connectivity index (χ1n) is 8.46. The lowest BCUT2D eigenvalue weighted by atomic mass is 9.89. The molecule has 2 rings (SSSR count). The van der Waals surface area contributed by atoms with Crippen LogP contribution in [0.25, 0.3) is 0 Å². The standard InChI is InChI=1S/C20H27NO2/c1-3-23-20(22)11-7-10-17-12-14-19(15-13-17)21(2)16-18-8-5-4-6-9-18/h4-11,19H,3,12-16H2,1-2H3/b11-7+,17-10?. The number of ether oxygens (including phenoxy) is 1. The van der Waals surface area contributed by atoms with Crippen molar-refractivity contribution in [1.82, 2.24) is 4.90 Å². The maximum absolute atomic E-state index is 11.3. The lowest BCUT2D eigenvalue weighted by molar-refractivity contribution is -0.137. The van der Waals surface area contributed by atoms with Gasteiger partial charge in [-0.05, 0) is 45.2 Å². The number of allylic oxidation sites excluding steroid dienone is 3. The SMILES string of the molecule is CCOC(=O)/C=C/C=C1CCC(N(C)Cc2ccccc2)CC1. The van der Waals surface area contributed by atoms with Gasteiger partial charge in [-0.25, -0.2) is 4.79 Å². The Morgan fingerprint density at radius 2 is 1.96 bits per heavy atom. The summed E-state index contributed by atoms with van der Waals surface area (Å²) in [4.78, 5) is 13.7. The number of esters is 1. The zero-order valence-corrected chi connectivity index (χ0v) is 14.2. The summed E-state index contributed by atoms with van der Waals surface area (Å²) in [5.41, 5.74) is 2.80. The third kappa shape index (κ3) is 6.03. The van der Waals surface area contributed by atoms with Crippen LogP contribution in [0.2, 0.25) is 0 Å². The normalized spacial score (nSPS) is 18.4. The second-order valence-electron chi connectivity index (χ2n) is 6.07. The first-order valence-corrected chi connectivity index (χ1v) is 8.46. The average Bonchev–Trinajstić information content (AvgIpc) is 2.56. The Morgan fingerprint density at radius 3 is 2.61 bits per heavy atom. The van der Waals surface area contributed by atoms with Gasteiger partial charge in [0.1, 0.15) is 0 Å². The van der Waals surface area contributed by atoms with Crippen molar-refractivity contribution in [3.05, 3.63) is 59.7 Å². The van der Waals surface area contributed by atoms with E-state index in [2.05, 4.69) is 48.4 Å². The van der Waals surface area contributed by atoms with Crippen molar-refractivity contribution in [2.45, 2.75) is 45.2 Å². The number of nitrogens with zero attached hydrogens (tertiary/aromatic N) is 1. The number of hydrogen-bond acceptors (Lipinski definition) is 3. The van der Waals surface area contributed by atoms with Gasteiger partial charge in [0.25, 0.3) is 0 Å². The highest BCUT2D eigenvalue weighted by molar-refractivity contribution is 5.82. The number of rotatable bonds is 6. The van der Waals surface area contributed by atoms with E-state index >= 15 is 0 Å². The zero-order valence-electron chi connectivity index (χ0n) is 14.2. The summed E-state index contributed by atoms with van der Waals surface area (Å²) in [6, 6.07) is 11.3. The summed E-state index contributed by atoms with van der Waals surface area (Å²) in [5, 5.41) is 0. The minimum Gasteiger partial charge on any atom is -0.463 e. The molecule has 3 heteroatoms. The summed E-state index contributed by atoms with van der Waals surface area (Å²) < 4.78 is 4.87. The highest BCUT2D eigenvalue weighted by atomic mass is 16.5. The lowest BCUT2D eigenvalue weighted by Gasteiger charge is -2.32. The summed E-state index contributed by atoms with van der Waals surface area (Å²) in [7, 11) is 2.22. The molecule has 23 heavy (non-hydrogen) atoms. The Balaban J connectivity index is 1.78. The molecule has 3 nitrogen and oxygen atoms in total. The van der Waals surface area contributed by atoms with E-state index in [9.17, 15) is 4.79 Å². The summed E-state index contributed by atoms with van der Waals surface area (Å²) in [6.45, 7) is 3.25. The molecular weight excluding hydrogens is 286 g/mol. The number of carbonyl (C=O) groups excluding carboxylic acids is 1. The maximum Gasteiger partial charge on any atom is 0.330 e. The first-order chi connectivity index (χ1) is 11.2. The van der Waals surface area contributed by atoms with Crippen molar-refractivity contribution in [2.75, 3.05) is 13.7 Å². The molecule has 1 aliphatic carbocycles. The maximum atomic E-state index is 11.3. The summed E-state index contributed by atoms with van der Waals surface area (Å²) in [6.07, 6.45) is 9.98. The minimum absolute atomic E-state index is 0.263. The van der Waals surface area contributed by atoms with Gasteiger partial charge in [0, 0.05) is 18.7 Å². The molecule has 0 heterocycles. The van der Waals surface area contributed by atoms with Gasteiger partial charge in [0.05, 0.1) is 6.61 Å². The van der Waals surface area contributed by atoms with Gasteiger partial charge in [-0.15, -0.1) is 0 Å². The van der Waals surface area contributed by atoms with E-state index in [-0.39, 0.29) is 5.97 Å². The van der Waals surface area contributed by atoms with Crippen LogP contribution in [0.5, 0.6) is 0 Å². The fourth-order valence-electron chi connectivity index (χ4n) is 3.03. The van der Waals surface area contributed by atoms with Crippen LogP contribution in [0, 0.1) is 0 Å². The predicted octanol–water partition coefficient (Wildman–Crippen LogP) is 4.11. The quantitative estimate of drug-likeness (QED) is 0.585. The molecule has 0 saturated heterocycles. The number of hydrogen-bond donors (Lipinski definition) is 0. The Bertz CT molecular complexity index is 538. The second-order valence-corrected chi connectivity index (χ2v) is 6.07. The van der Waals surface area contributed by atoms with Gasteiger partial charge in [-0.1, -0.05) is 48.1 Å². The highest BCUT2D eigenvalue weighted by Crippen LogP contribution is 2.27. The molecule has 0 atom stereocenters. The Kier molecular flexibility index (Phi) is 7.08. The van der Waals surface area contributed by atoms with Crippen LogP contribution in [-0.4, -0.2) is 30.6 Å². The van der Waals surface area contributed by atoms with Crippen LogP contribution in [-0.2, 0) is 16.1 Å². The molecule has 1 fully saturated rings. The Labute approximate surface area is 139 Å². The predicted molar refractivity (Wildman–Crippen MR) is 94.0 cm³/mol. The van der Waals surface area contributed by atoms with Crippen molar-refractivity contribution in [3.8, 4) is 0 Å². The van der Waals surface area contributed by atoms with Crippen molar-refractivity contribution >= 4 is 5.97 Å². The Hall–Kier alpha value is -1.87. The molecule has 0 aliphatic heterocycles. The van der Waals surface area contributed by atoms with E-state index in [1.165, 1.54) is 30.1 Å². The van der Waals surface area contributed by atoms with Crippen molar-refractivity contribution in [2.24, 2.45) is 0 Å². The third-order valence-corrected chi connectivity index (χ3v) is 4.35. The smallest absolute Gasteiger partial charge is 0.330 e. The van der Waals surface area contributed by atoms with Crippen LogP contribution in [0.1, 0.15) is 38.2 Å². The first kappa shape index (κ1) is 17.5. The molecule has 0 unspecified atom stereocenters. The molecule has 0 radical (unpaired) electrons. The van der Waals surface area contributed by atoms with E-state index in [0.717, 1.165) is 19.4 Å². The van der Waals surface area contributed by atoms with E-state index < -0.39 is 0 Å². The van der Waals surface area contributed by atoms with E-state index in [4.69, 9.17) is 4.74 Å². The average molecular weight is 313 g/mol. The highest BCUT2D eigenvalue weighted by Gasteiger charge is 2.20. The van der Waals surface area contributed by atoms with Gasteiger partial charge in [-0.2, -0.15) is 0 Å². The lowest BCUT2D eigenvalue weighted by Crippen LogP contribution is -2.33. The van der Waals surface area contributed by atoms with Crippen molar-refractivity contribution in [3.63, 3.8) is 0 Å². The fourth-order valence-corrected chi connectivity index (χ4v) is 3.03. The van der Waals surface area contributed by atoms with Crippen molar-refractivity contribution < 1.29 is 9.53 Å². The molecule has 1 aromatic carbocycles. The summed E-state index contributed by atoms with van der Waals surface area (Å²) >= 11 is 0. The van der Waals surface area contributed by atoms with E-state index in [1.54, 1.807) is 0 Å². The molecule has 0 bridgehead atoms. The molecule has 0 spiro atoms. The molecular formula is C20H27NO2. The second kappa shape index (κ2) is 9.31. The minimum atomic E-state index is -0.263. The van der Waals surface area contributed by atoms with Crippen molar-refractivity contribution in [1.29, 1.82) is 0 Å². The molecule has 0 amide bonds. The molecule has 1 saturated carbocycles. The van der Waals surface area contributed by atoms with Gasteiger partial charge in [0.15, 0.2) is 0 Å². The van der Waals surface area contributed by atoms with E-state index in [0.29, 0.717) is 12.6 Å². The molecule has 1 aromatic rings. The molecule has 124 valence electrons. The Morgan fingerprint density at radius 1 is 1.26 bits per heavy atom. The monoisotopic (exact) mass is 313 g/mol. The zero-order chi connectivity index (χ0) is 16.5. The largest absolute Gasteiger partial charge is 0.463 e. The van der Waals surface area contributed by atoms with Gasteiger partial charge in [0.2, 0.25) is 0 Å². The van der Waals surface area contributed by atoms with Crippen LogP contribution < -0.4 is 0 Å². The topological polar surface area (TPSA) is 29.5 Å². The summed E-state index contributed by atoms with van der Waals surface area (Å²) in [5.74, 6) is -0.263. The van der Waals surface area contributed by atoms with Crippen LogP contribution in [0.4, 0.5) is 0 Å². The van der Waals surface area contributed by atoms with Gasteiger partial charge in [-0.3, -0.25) is 4.90 Å². The molecule has 1 aliphatic rings. The molecule has 0 N–H and O–H groups in total. The number of carbonyl (C=O) groups is 1. The third-order valence-electron chi connectivity index (χ3n) is 4.35. The molecule has 0 aromatic heterocycles. The van der Waals surface area contributed by atoms with Crippen LogP contribution >= 0.6 is 0 Å². The fraction of sp³-hybridized carbons (Fsp3) is 0.450. The van der Waals surface area contributed by atoms with Crippen LogP contribution in [0.15, 0.2) is 54.1 Å². The van der Waals surface area contributed by atoms with Gasteiger partial charge >= 0.3 is 5.97 Å². The van der Waals surface area contributed by atoms with E-state index in [1.807, 2.05) is 13.0 Å².